The SMILES string of the molecule is CC(N)c1nnc(Cc2ccc(F)cc2)s1. The van der Waals surface area contributed by atoms with Gasteiger partial charge in [0.25, 0.3) is 0 Å². The van der Waals surface area contributed by atoms with E-state index in [2.05, 4.69) is 10.2 Å². The van der Waals surface area contributed by atoms with Crippen LogP contribution in [0, 0.1) is 5.82 Å². The van der Waals surface area contributed by atoms with Gasteiger partial charge in [-0.2, -0.15) is 0 Å². The molecule has 1 aromatic heterocycles. The van der Waals surface area contributed by atoms with E-state index in [1.807, 2.05) is 6.92 Å². The second-order valence-electron chi connectivity index (χ2n) is 3.63. The zero-order chi connectivity index (χ0) is 11.5. The Morgan fingerprint density at radius 2 is 2.00 bits per heavy atom. The summed E-state index contributed by atoms with van der Waals surface area (Å²) in [7, 11) is 0. The quantitative estimate of drug-likeness (QED) is 0.891. The molecule has 0 fully saturated rings. The van der Waals surface area contributed by atoms with Crippen LogP contribution in [-0.4, -0.2) is 10.2 Å². The van der Waals surface area contributed by atoms with Crippen LogP contribution in [0.3, 0.4) is 0 Å². The van der Waals surface area contributed by atoms with Crippen LogP contribution >= 0.6 is 11.3 Å². The minimum absolute atomic E-state index is 0.0838. The average molecular weight is 237 g/mol. The lowest BCUT2D eigenvalue weighted by atomic mass is 10.2. The number of hydrogen-bond acceptors (Lipinski definition) is 4. The summed E-state index contributed by atoms with van der Waals surface area (Å²) >= 11 is 1.50. The molecular weight excluding hydrogens is 225 g/mol. The van der Waals surface area contributed by atoms with Gasteiger partial charge < -0.3 is 5.73 Å². The van der Waals surface area contributed by atoms with E-state index in [0.29, 0.717) is 6.42 Å². The number of halogens is 1. The van der Waals surface area contributed by atoms with Crippen molar-refractivity contribution in [2.24, 2.45) is 5.73 Å². The maximum atomic E-state index is 12.7. The van der Waals surface area contributed by atoms with Gasteiger partial charge in [0.15, 0.2) is 0 Å². The maximum absolute atomic E-state index is 12.7. The first-order chi connectivity index (χ1) is 7.65. The molecule has 1 aromatic carbocycles. The van der Waals surface area contributed by atoms with Gasteiger partial charge in [0.1, 0.15) is 15.8 Å². The fraction of sp³-hybridized carbons (Fsp3) is 0.273. The molecule has 2 N–H and O–H groups in total. The zero-order valence-corrected chi connectivity index (χ0v) is 9.67. The minimum atomic E-state index is -0.225. The third-order valence-corrected chi connectivity index (χ3v) is 3.26. The van der Waals surface area contributed by atoms with Crippen molar-refractivity contribution in [3.63, 3.8) is 0 Å². The summed E-state index contributed by atoms with van der Waals surface area (Å²) in [5.74, 6) is -0.225. The Balaban J connectivity index is 2.11. The van der Waals surface area contributed by atoms with Crippen molar-refractivity contribution in [1.29, 1.82) is 0 Å². The van der Waals surface area contributed by atoms with Gasteiger partial charge >= 0.3 is 0 Å². The predicted molar refractivity (Wildman–Crippen MR) is 61.7 cm³/mol. The molecular formula is C11H12FN3S. The molecule has 5 heteroatoms. The van der Waals surface area contributed by atoms with E-state index < -0.39 is 0 Å². The fourth-order valence-electron chi connectivity index (χ4n) is 1.30. The van der Waals surface area contributed by atoms with Gasteiger partial charge in [-0.25, -0.2) is 4.39 Å². The molecule has 84 valence electrons. The molecule has 0 aliphatic rings. The lowest BCUT2D eigenvalue weighted by Crippen LogP contribution is -2.03. The molecule has 0 aliphatic heterocycles. The number of nitrogens with zero attached hydrogens (tertiary/aromatic N) is 2. The van der Waals surface area contributed by atoms with Crippen LogP contribution in [-0.2, 0) is 6.42 Å². The lowest BCUT2D eigenvalue weighted by molar-refractivity contribution is 0.627. The molecule has 0 amide bonds. The molecule has 1 atom stereocenters. The van der Waals surface area contributed by atoms with Gasteiger partial charge in [0, 0.05) is 6.42 Å². The highest BCUT2D eigenvalue weighted by atomic mass is 32.1. The Morgan fingerprint density at radius 3 is 2.56 bits per heavy atom. The monoisotopic (exact) mass is 237 g/mol. The van der Waals surface area contributed by atoms with E-state index in [0.717, 1.165) is 15.6 Å². The van der Waals surface area contributed by atoms with Crippen LogP contribution in [0.1, 0.15) is 28.5 Å². The number of nitrogens with two attached hydrogens (primary N) is 1. The van der Waals surface area contributed by atoms with E-state index in [9.17, 15) is 4.39 Å². The molecule has 2 aromatic rings. The summed E-state index contributed by atoms with van der Waals surface area (Å²) < 4.78 is 12.7. The van der Waals surface area contributed by atoms with Crippen LogP contribution < -0.4 is 5.73 Å². The van der Waals surface area contributed by atoms with Gasteiger partial charge in [0.2, 0.25) is 0 Å². The maximum Gasteiger partial charge on any atom is 0.133 e. The predicted octanol–water partition coefficient (Wildman–Crippen LogP) is 2.29. The second kappa shape index (κ2) is 4.67. The second-order valence-corrected chi connectivity index (χ2v) is 4.72. The van der Waals surface area contributed by atoms with Crippen molar-refractivity contribution in [3.05, 3.63) is 45.7 Å². The van der Waals surface area contributed by atoms with E-state index in [1.54, 1.807) is 12.1 Å². The molecule has 1 unspecified atom stereocenters. The van der Waals surface area contributed by atoms with Gasteiger partial charge in [-0.3, -0.25) is 0 Å². The van der Waals surface area contributed by atoms with Crippen molar-refractivity contribution in [3.8, 4) is 0 Å². The summed E-state index contributed by atoms with van der Waals surface area (Å²) in [6.45, 7) is 1.88. The molecule has 16 heavy (non-hydrogen) atoms. The Bertz CT molecular complexity index is 464. The topological polar surface area (TPSA) is 51.8 Å². The lowest BCUT2D eigenvalue weighted by Gasteiger charge is -1.97. The molecule has 0 aliphatic carbocycles. The zero-order valence-electron chi connectivity index (χ0n) is 8.85. The largest absolute Gasteiger partial charge is 0.322 e. The smallest absolute Gasteiger partial charge is 0.133 e. The number of rotatable bonds is 3. The van der Waals surface area contributed by atoms with Crippen molar-refractivity contribution >= 4 is 11.3 Å². The number of aromatic nitrogens is 2. The van der Waals surface area contributed by atoms with Gasteiger partial charge in [-0.05, 0) is 24.6 Å². The summed E-state index contributed by atoms with van der Waals surface area (Å²) in [4.78, 5) is 0. The standard InChI is InChI=1S/C11H12FN3S/c1-7(13)11-15-14-10(16-11)6-8-2-4-9(12)5-3-8/h2-5,7H,6,13H2,1H3. The average Bonchev–Trinajstić information content (AvgIpc) is 2.70. The number of benzene rings is 1. The molecule has 0 bridgehead atoms. The van der Waals surface area contributed by atoms with Crippen LogP contribution in [0.5, 0.6) is 0 Å². The molecule has 0 saturated heterocycles. The fourth-order valence-corrected chi connectivity index (χ4v) is 2.13. The normalized spacial score (nSPS) is 12.7. The molecule has 3 nitrogen and oxygen atoms in total. The van der Waals surface area contributed by atoms with Gasteiger partial charge in [-0.15, -0.1) is 10.2 Å². The summed E-state index contributed by atoms with van der Waals surface area (Å²) in [5, 5.41) is 9.78. The first-order valence-electron chi connectivity index (χ1n) is 4.97. The van der Waals surface area contributed by atoms with Crippen molar-refractivity contribution in [2.75, 3.05) is 0 Å². The number of hydrogen-bond donors (Lipinski definition) is 1. The van der Waals surface area contributed by atoms with Crippen molar-refractivity contribution in [2.45, 2.75) is 19.4 Å². The highest BCUT2D eigenvalue weighted by Crippen LogP contribution is 2.18. The molecule has 2 rings (SSSR count). The first-order valence-corrected chi connectivity index (χ1v) is 5.79. The molecule has 0 spiro atoms. The first kappa shape index (κ1) is 11.2. The Morgan fingerprint density at radius 1 is 1.31 bits per heavy atom. The van der Waals surface area contributed by atoms with E-state index in [1.165, 1.54) is 23.5 Å². The van der Waals surface area contributed by atoms with E-state index >= 15 is 0 Å². The van der Waals surface area contributed by atoms with Crippen LogP contribution in [0.4, 0.5) is 4.39 Å². The highest BCUT2D eigenvalue weighted by molar-refractivity contribution is 7.11. The Labute approximate surface area is 97.1 Å². The third kappa shape index (κ3) is 2.62. The van der Waals surface area contributed by atoms with Crippen molar-refractivity contribution in [1.82, 2.24) is 10.2 Å². The molecule has 0 saturated carbocycles. The van der Waals surface area contributed by atoms with Crippen LogP contribution in [0.2, 0.25) is 0 Å². The van der Waals surface area contributed by atoms with Gasteiger partial charge in [0.05, 0.1) is 6.04 Å². The Kier molecular flexibility index (Phi) is 3.26. The summed E-state index contributed by atoms with van der Waals surface area (Å²) in [6.07, 6.45) is 0.671. The molecule has 1 heterocycles. The summed E-state index contributed by atoms with van der Waals surface area (Å²) in [6, 6.07) is 6.32. The Hall–Kier alpha value is -1.33. The van der Waals surface area contributed by atoms with Crippen LogP contribution in [0.15, 0.2) is 24.3 Å². The summed E-state index contributed by atoms with van der Waals surface area (Å²) in [5.41, 5.74) is 6.72. The van der Waals surface area contributed by atoms with E-state index in [4.69, 9.17) is 5.73 Å². The minimum Gasteiger partial charge on any atom is -0.322 e. The van der Waals surface area contributed by atoms with Gasteiger partial charge in [-0.1, -0.05) is 23.5 Å². The molecule has 0 radical (unpaired) electrons. The third-order valence-electron chi connectivity index (χ3n) is 2.14. The van der Waals surface area contributed by atoms with Crippen LogP contribution in [0.25, 0.3) is 0 Å². The van der Waals surface area contributed by atoms with Crippen molar-refractivity contribution < 1.29 is 4.39 Å². The highest BCUT2D eigenvalue weighted by Gasteiger charge is 2.08. The van der Waals surface area contributed by atoms with E-state index in [-0.39, 0.29) is 11.9 Å².